The molecule has 0 unspecified atom stereocenters. The summed E-state index contributed by atoms with van der Waals surface area (Å²) < 4.78 is 11.6. The van der Waals surface area contributed by atoms with Crippen LogP contribution in [0.5, 0.6) is 17.2 Å². The Balaban J connectivity index is 1.16. The van der Waals surface area contributed by atoms with Crippen molar-refractivity contribution in [2.24, 2.45) is 5.73 Å². The fourth-order valence-corrected chi connectivity index (χ4v) is 5.80. The zero-order valence-electron chi connectivity index (χ0n) is 21.9. The van der Waals surface area contributed by atoms with Crippen LogP contribution in [0.1, 0.15) is 50.9 Å². The van der Waals surface area contributed by atoms with E-state index in [-0.39, 0.29) is 11.8 Å². The van der Waals surface area contributed by atoms with Crippen molar-refractivity contribution in [2.75, 3.05) is 10.6 Å². The van der Waals surface area contributed by atoms with E-state index in [1.807, 2.05) is 30.3 Å². The Morgan fingerprint density at radius 2 is 1.48 bits per heavy atom. The monoisotopic (exact) mass is 555 g/mol. The van der Waals surface area contributed by atoms with Crippen LogP contribution in [0.25, 0.3) is 0 Å². The van der Waals surface area contributed by atoms with E-state index in [0.29, 0.717) is 33.3 Å². The average molecular weight is 556 g/mol. The molecule has 4 aromatic rings. The second kappa shape index (κ2) is 12.0. The highest BCUT2D eigenvalue weighted by atomic mass is 32.1. The molecule has 3 amide bonds. The maximum absolute atomic E-state index is 12.9. The number of benzene rings is 3. The highest BCUT2D eigenvalue weighted by Crippen LogP contribution is 2.38. The van der Waals surface area contributed by atoms with Crippen molar-refractivity contribution in [3.63, 3.8) is 0 Å². The molecule has 5 rings (SSSR count). The Bertz CT molecular complexity index is 1520. The molecule has 0 radical (unpaired) electrons. The Morgan fingerprint density at radius 3 is 2.17 bits per heavy atom. The summed E-state index contributed by atoms with van der Waals surface area (Å²) in [5.41, 5.74) is 8.02. The van der Waals surface area contributed by atoms with E-state index < -0.39 is 12.0 Å². The van der Waals surface area contributed by atoms with Crippen molar-refractivity contribution in [2.45, 2.75) is 38.7 Å². The summed E-state index contributed by atoms with van der Waals surface area (Å²) in [5.74, 6) is 0.627. The maximum atomic E-state index is 12.9. The minimum atomic E-state index is -0.782. The van der Waals surface area contributed by atoms with Crippen LogP contribution in [0.4, 0.5) is 10.7 Å². The van der Waals surface area contributed by atoms with E-state index in [1.165, 1.54) is 11.3 Å². The molecule has 0 fully saturated rings. The number of thiophene rings is 1. The van der Waals surface area contributed by atoms with Gasteiger partial charge in [-0.2, -0.15) is 0 Å². The lowest BCUT2D eigenvalue weighted by molar-refractivity contribution is -0.122. The Morgan fingerprint density at radius 1 is 0.825 bits per heavy atom. The molecule has 204 valence electrons. The van der Waals surface area contributed by atoms with Gasteiger partial charge in [-0.25, -0.2) is 0 Å². The van der Waals surface area contributed by atoms with Crippen molar-refractivity contribution in [3.8, 4) is 17.2 Å². The summed E-state index contributed by atoms with van der Waals surface area (Å²) in [6, 6.07) is 23.0. The normalized spacial score (nSPS) is 13.0. The lowest BCUT2D eigenvalue weighted by Gasteiger charge is -2.15. The molecule has 9 heteroatoms. The molecular formula is C31H29N3O5S. The number of hydrogen-bond acceptors (Lipinski definition) is 6. The van der Waals surface area contributed by atoms with E-state index >= 15 is 0 Å². The molecule has 1 aliphatic carbocycles. The Labute approximate surface area is 236 Å². The minimum absolute atomic E-state index is 0.320. The van der Waals surface area contributed by atoms with Gasteiger partial charge in [0.25, 0.3) is 17.7 Å². The molecule has 0 saturated heterocycles. The summed E-state index contributed by atoms with van der Waals surface area (Å²) in [5, 5.41) is 6.17. The quantitative estimate of drug-likeness (QED) is 0.228. The van der Waals surface area contributed by atoms with Gasteiger partial charge in [-0.1, -0.05) is 18.2 Å². The molecule has 1 atom stereocenters. The predicted molar refractivity (Wildman–Crippen MR) is 156 cm³/mol. The van der Waals surface area contributed by atoms with Gasteiger partial charge in [0.2, 0.25) is 0 Å². The number of nitrogens with two attached hydrogens (primary N) is 1. The van der Waals surface area contributed by atoms with E-state index in [9.17, 15) is 14.4 Å². The van der Waals surface area contributed by atoms with E-state index in [0.717, 1.165) is 41.9 Å². The van der Waals surface area contributed by atoms with Crippen molar-refractivity contribution in [1.29, 1.82) is 0 Å². The van der Waals surface area contributed by atoms with Gasteiger partial charge in [0, 0.05) is 16.1 Å². The topological polar surface area (TPSA) is 120 Å². The number of carbonyl (C=O) groups is 3. The van der Waals surface area contributed by atoms with Crippen LogP contribution >= 0.6 is 11.3 Å². The number of ether oxygens (including phenoxy) is 2. The zero-order chi connectivity index (χ0) is 28.1. The number of fused-ring (bicyclic) bond motifs is 1. The van der Waals surface area contributed by atoms with E-state index in [1.54, 1.807) is 55.5 Å². The first-order valence-corrected chi connectivity index (χ1v) is 13.9. The van der Waals surface area contributed by atoms with Crippen molar-refractivity contribution >= 4 is 39.7 Å². The smallest absolute Gasteiger partial charge is 0.265 e. The largest absolute Gasteiger partial charge is 0.481 e. The summed E-state index contributed by atoms with van der Waals surface area (Å²) in [4.78, 5) is 38.8. The molecule has 4 N–H and O–H groups in total. The van der Waals surface area contributed by atoms with Crippen molar-refractivity contribution in [3.05, 3.63) is 100 Å². The number of nitrogens with one attached hydrogen (secondary N) is 2. The number of carbonyl (C=O) groups excluding carboxylic acids is 3. The number of hydrogen-bond donors (Lipinski definition) is 3. The molecule has 0 bridgehead atoms. The molecule has 0 aliphatic heterocycles. The molecule has 0 saturated carbocycles. The first-order valence-electron chi connectivity index (χ1n) is 13.0. The van der Waals surface area contributed by atoms with Gasteiger partial charge < -0.3 is 25.8 Å². The first-order chi connectivity index (χ1) is 19.4. The van der Waals surface area contributed by atoms with Crippen LogP contribution < -0.4 is 25.8 Å². The lowest BCUT2D eigenvalue weighted by Crippen LogP contribution is -2.30. The molecular weight excluding hydrogens is 526 g/mol. The van der Waals surface area contributed by atoms with Gasteiger partial charge in [-0.15, -0.1) is 11.3 Å². The number of primary amides is 1. The van der Waals surface area contributed by atoms with E-state index in [2.05, 4.69) is 10.6 Å². The van der Waals surface area contributed by atoms with Gasteiger partial charge in [0.05, 0.1) is 5.56 Å². The fraction of sp³-hybridized carbons (Fsp3) is 0.194. The molecule has 1 aromatic heterocycles. The average Bonchev–Trinajstić information content (AvgIpc) is 3.33. The van der Waals surface area contributed by atoms with Crippen molar-refractivity contribution < 1.29 is 23.9 Å². The summed E-state index contributed by atoms with van der Waals surface area (Å²) >= 11 is 1.42. The third kappa shape index (κ3) is 6.32. The van der Waals surface area contributed by atoms with Gasteiger partial charge >= 0.3 is 0 Å². The number of aryl methyl sites for hydroxylation is 1. The second-order valence-electron chi connectivity index (χ2n) is 9.45. The highest BCUT2D eigenvalue weighted by molar-refractivity contribution is 7.17. The molecule has 3 aromatic carbocycles. The number of anilines is 2. The van der Waals surface area contributed by atoms with Crippen LogP contribution in [0, 0.1) is 0 Å². The SMILES string of the molecule is C[C@@H](Oc1ccc(C(=O)Nc2sc3c(c2C(N)=O)CCCC3)cc1)C(=O)Nc1ccc(Oc2ccccc2)cc1. The van der Waals surface area contributed by atoms with Crippen LogP contribution in [0.15, 0.2) is 78.9 Å². The second-order valence-corrected chi connectivity index (χ2v) is 10.6. The van der Waals surface area contributed by atoms with Crippen molar-refractivity contribution in [1.82, 2.24) is 0 Å². The zero-order valence-corrected chi connectivity index (χ0v) is 22.8. The van der Waals surface area contributed by atoms with Crippen LogP contribution in [0.3, 0.4) is 0 Å². The number of para-hydroxylation sites is 1. The van der Waals surface area contributed by atoms with Gasteiger partial charge in [-0.3, -0.25) is 14.4 Å². The van der Waals surface area contributed by atoms with Gasteiger partial charge in [-0.05, 0) is 98.8 Å². The third-order valence-electron chi connectivity index (χ3n) is 6.54. The minimum Gasteiger partial charge on any atom is -0.481 e. The first kappa shape index (κ1) is 27.0. The molecule has 40 heavy (non-hydrogen) atoms. The standard InChI is InChI=1S/C31H29N3O5S/c1-19(29(36)33-21-13-17-24(18-14-21)39-22-7-3-2-4-8-22)38-23-15-11-20(12-16-23)30(37)34-31-27(28(32)35)25-9-5-6-10-26(25)40-31/h2-4,7-8,11-19H,5-6,9-10H2,1H3,(H2,32,35)(H,33,36)(H,34,37)/t19-/m1/s1. The van der Waals surface area contributed by atoms with E-state index in [4.69, 9.17) is 15.2 Å². The fourth-order valence-electron chi connectivity index (χ4n) is 4.51. The predicted octanol–water partition coefficient (Wildman–Crippen LogP) is 6.18. The molecule has 1 aliphatic rings. The Kier molecular flexibility index (Phi) is 8.12. The Hall–Kier alpha value is -4.63. The van der Waals surface area contributed by atoms with Crippen LogP contribution in [-0.2, 0) is 17.6 Å². The third-order valence-corrected chi connectivity index (χ3v) is 7.75. The molecule has 8 nitrogen and oxygen atoms in total. The van der Waals surface area contributed by atoms with Crippen LogP contribution in [-0.4, -0.2) is 23.8 Å². The molecule has 0 spiro atoms. The summed E-state index contributed by atoms with van der Waals surface area (Å²) in [6.45, 7) is 1.65. The number of rotatable bonds is 9. The van der Waals surface area contributed by atoms with Crippen LogP contribution in [0.2, 0.25) is 0 Å². The highest BCUT2D eigenvalue weighted by Gasteiger charge is 2.25. The molecule has 1 heterocycles. The number of amides is 3. The summed E-state index contributed by atoms with van der Waals surface area (Å²) in [7, 11) is 0. The lowest BCUT2D eigenvalue weighted by atomic mass is 9.95. The van der Waals surface area contributed by atoms with Gasteiger partial charge in [0.1, 0.15) is 22.2 Å². The summed E-state index contributed by atoms with van der Waals surface area (Å²) in [6.07, 6.45) is 2.97. The van der Waals surface area contributed by atoms with Gasteiger partial charge in [0.15, 0.2) is 6.10 Å². The maximum Gasteiger partial charge on any atom is 0.265 e.